The van der Waals surface area contributed by atoms with Gasteiger partial charge in [0.15, 0.2) is 0 Å². The van der Waals surface area contributed by atoms with E-state index in [2.05, 4.69) is 41.5 Å². The quantitative estimate of drug-likeness (QED) is 0.470. The highest BCUT2D eigenvalue weighted by atomic mass is 16.3. The van der Waals surface area contributed by atoms with Crippen LogP contribution in [0, 0.1) is 11.8 Å². The third kappa shape index (κ3) is 20.4. The molecule has 1 nitrogen and oxygen atoms in total. The summed E-state index contributed by atoms with van der Waals surface area (Å²) in [7, 11) is 0. The normalized spacial score (nSPS) is 12.5. The van der Waals surface area contributed by atoms with Gasteiger partial charge in [-0.05, 0) is 18.3 Å². The molecule has 1 unspecified atom stereocenters. The van der Waals surface area contributed by atoms with Gasteiger partial charge in [0.25, 0.3) is 0 Å². The third-order valence-electron chi connectivity index (χ3n) is 3.51. The summed E-state index contributed by atoms with van der Waals surface area (Å²) in [5.41, 5.74) is 0. The molecule has 0 aliphatic rings. The Morgan fingerprint density at radius 3 is 1.58 bits per heavy atom. The molecule has 0 rings (SSSR count). The molecule has 0 aromatic heterocycles. The van der Waals surface area contributed by atoms with Crippen molar-refractivity contribution in [1.29, 1.82) is 0 Å². The molecule has 118 valence electrons. The second-order valence-corrected chi connectivity index (χ2v) is 6.55. The molecule has 1 atom stereocenters. The summed E-state index contributed by atoms with van der Waals surface area (Å²) in [6.07, 6.45) is 11.6. The van der Waals surface area contributed by atoms with Gasteiger partial charge in [-0.3, -0.25) is 0 Å². The van der Waals surface area contributed by atoms with Gasteiger partial charge in [0.2, 0.25) is 0 Å². The SMILES string of the molecule is CCCCCC(O)C(C)C.CCCCCCC(C)C. The van der Waals surface area contributed by atoms with Crippen LogP contribution in [0.4, 0.5) is 0 Å². The van der Waals surface area contributed by atoms with Crippen LogP contribution in [0.1, 0.15) is 99.3 Å². The van der Waals surface area contributed by atoms with E-state index in [1.165, 1.54) is 51.4 Å². The van der Waals surface area contributed by atoms with Gasteiger partial charge in [-0.25, -0.2) is 0 Å². The number of rotatable bonds is 10. The molecule has 0 spiro atoms. The highest BCUT2D eigenvalue weighted by Crippen LogP contribution is 2.10. The lowest BCUT2D eigenvalue weighted by atomic mass is 10.0. The van der Waals surface area contributed by atoms with E-state index < -0.39 is 0 Å². The first-order chi connectivity index (χ1) is 8.95. The van der Waals surface area contributed by atoms with Crippen LogP contribution in [0.3, 0.4) is 0 Å². The van der Waals surface area contributed by atoms with Gasteiger partial charge < -0.3 is 5.11 Å². The molecule has 0 heterocycles. The molecule has 0 aromatic carbocycles. The van der Waals surface area contributed by atoms with Crippen molar-refractivity contribution in [3.63, 3.8) is 0 Å². The highest BCUT2D eigenvalue weighted by Gasteiger charge is 2.06. The Morgan fingerprint density at radius 2 is 1.16 bits per heavy atom. The van der Waals surface area contributed by atoms with Crippen LogP contribution in [-0.2, 0) is 0 Å². The predicted octanol–water partition coefficient (Wildman–Crippen LogP) is 6.20. The second kappa shape index (κ2) is 16.0. The largest absolute Gasteiger partial charge is 0.393 e. The molecular weight excluding hydrogens is 232 g/mol. The molecule has 0 radical (unpaired) electrons. The minimum Gasteiger partial charge on any atom is -0.393 e. The molecule has 1 N–H and O–H groups in total. The molecule has 0 saturated heterocycles. The first-order valence-corrected chi connectivity index (χ1v) is 8.63. The second-order valence-electron chi connectivity index (χ2n) is 6.55. The van der Waals surface area contributed by atoms with Crippen molar-refractivity contribution in [2.75, 3.05) is 0 Å². The van der Waals surface area contributed by atoms with E-state index in [-0.39, 0.29) is 6.10 Å². The van der Waals surface area contributed by atoms with Crippen molar-refractivity contribution < 1.29 is 5.11 Å². The van der Waals surface area contributed by atoms with Gasteiger partial charge in [-0.2, -0.15) is 0 Å². The number of aliphatic hydroxyl groups is 1. The van der Waals surface area contributed by atoms with Crippen molar-refractivity contribution in [3.05, 3.63) is 0 Å². The zero-order valence-electron chi connectivity index (χ0n) is 14.5. The molecule has 0 aliphatic carbocycles. The summed E-state index contributed by atoms with van der Waals surface area (Å²) in [5, 5.41) is 9.35. The topological polar surface area (TPSA) is 20.2 Å². The van der Waals surface area contributed by atoms with Crippen LogP contribution in [0.5, 0.6) is 0 Å². The first-order valence-electron chi connectivity index (χ1n) is 8.63. The Kier molecular flexibility index (Phi) is 17.9. The molecule has 1 heteroatoms. The summed E-state index contributed by atoms with van der Waals surface area (Å²) in [4.78, 5) is 0. The van der Waals surface area contributed by atoms with Gasteiger partial charge in [0, 0.05) is 0 Å². The molecule has 0 amide bonds. The average Bonchev–Trinajstić information content (AvgIpc) is 2.35. The molecular formula is C18H40O. The van der Waals surface area contributed by atoms with Crippen LogP contribution in [0.15, 0.2) is 0 Å². The fraction of sp³-hybridized carbons (Fsp3) is 1.00. The summed E-state index contributed by atoms with van der Waals surface area (Å²) in [5.74, 6) is 1.33. The van der Waals surface area contributed by atoms with E-state index in [1.54, 1.807) is 0 Å². The maximum absolute atomic E-state index is 9.35. The predicted molar refractivity (Wildman–Crippen MR) is 88.6 cm³/mol. The number of hydrogen-bond donors (Lipinski definition) is 1. The lowest BCUT2D eigenvalue weighted by Crippen LogP contribution is -2.13. The van der Waals surface area contributed by atoms with Crippen LogP contribution < -0.4 is 0 Å². The van der Waals surface area contributed by atoms with Crippen LogP contribution in [0.2, 0.25) is 0 Å². The number of aliphatic hydroxyl groups excluding tert-OH is 1. The molecule has 0 fully saturated rings. The molecule has 0 saturated carbocycles. The summed E-state index contributed by atoms with van der Waals surface area (Å²) in [6.45, 7) is 13.2. The van der Waals surface area contributed by atoms with E-state index in [1.807, 2.05) is 0 Å². The fourth-order valence-corrected chi connectivity index (χ4v) is 1.92. The van der Waals surface area contributed by atoms with E-state index in [4.69, 9.17) is 0 Å². The van der Waals surface area contributed by atoms with Crippen molar-refractivity contribution in [2.24, 2.45) is 11.8 Å². The first kappa shape index (κ1) is 21.3. The molecule has 0 aromatic rings. The van der Waals surface area contributed by atoms with E-state index >= 15 is 0 Å². The Labute approximate surface area is 123 Å². The van der Waals surface area contributed by atoms with E-state index in [0.717, 1.165) is 12.3 Å². The molecule has 0 aliphatic heterocycles. The van der Waals surface area contributed by atoms with Crippen LogP contribution in [-0.4, -0.2) is 11.2 Å². The van der Waals surface area contributed by atoms with Gasteiger partial charge in [0.05, 0.1) is 6.10 Å². The third-order valence-corrected chi connectivity index (χ3v) is 3.51. The summed E-state index contributed by atoms with van der Waals surface area (Å²) >= 11 is 0. The van der Waals surface area contributed by atoms with Gasteiger partial charge in [-0.15, -0.1) is 0 Å². The minimum atomic E-state index is -0.0773. The van der Waals surface area contributed by atoms with Crippen molar-refractivity contribution >= 4 is 0 Å². The maximum atomic E-state index is 9.35. The van der Waals surface area contributed by atoms with E-state index in [0.29, 0.717) is 5.92 Å². The smallest absolute Gasteiger partial charge is 0.0563 e. The van der Waals surface area contributed by atoms with Crippen molar-refractivity contribution in [1.82, 2.24) is 0 Å². The highest BCUT2D eigenvalue weighted by molar-refractivity contribution is 4.58. The average molecular weight is 273 g/mol. The maximum Gasteiger partial charge on any atom is 0.0563 e. The fourth-order valence-electron chi connectivity index (χ4n) is 1.92. The van der Waals surface area contributed by atoms with Crippen molar-refractivity contribution in [3.8, 4) is 0 Å². The van der Waals surface area contributed by atoms with Gasteiger partial charge in [-0.1, -0.05) is 92.9 Å². The van der Waals surface area contributed by atoms with Crippen LogP contribution in [0.25, 0.3) is 0 Å². The van der Waals surface area contributed by atoms with Crippen LogP contribution >= 0.6 is 0 Å². The summed E-state index contributed by atoms with van der Waals surface area (Å²) < 4.78 is 0. The monoisotopic (exact) mass is 272 g/mol. The molecule has 19 heavy (non-hydrogen) atoms. The number of unbranched alkanes of at least 4 members (excludes halogenated alkanes) is 5. The standard InChI is InChI=1S/C9H20O.C9H20/c1-4-5-6-7-9(10)8(2)3;1-4-5-6-7-8-9(2)3/h8-10H,4-7H2,1-3H3;9H,4-8H2,1-3H3. The van der Waals surface area contributed by atoms with Gasteiger partial charge in [0.1, 0.15) is 0 Å². The number of hydrogen-bond acceptors (Lipinski definition) is 1. The Hall–Kier alpha value is -0.0400. The lowest BCUT2D eigenvalue weighted by molar-refractivity contribution is 0.113. The molecule has 0 bridgehead atoms. The Bertz CT molecular complexity index is 152. The van der Waals surface area contributed by atoms with Crippen molar-refractivity contribution in [2.45, 2.75) is 105 Å². The zero-order chi connectivity index (χ0) is 15.1. The Morgan fingerprint density at radius 1 is 0.684 bits per heavy atom. The summed E-state index contributed by atoms with van der Waals surface area (Å²) in [6, 6.07) is 0. The minimum absolute atomic E-state index is 0.0773. The lowest BCUT2D eigenvalue weighted by Gasteiger charge is -2.13. The van der Waals surface area contributed by atoms with Gasteiger partial charge >= 0.3 is 0 Å². The zero-order valence-corrected chi connectivity index (χ0v) is 14.5. The Balaban J connectivity index is 0. The van der Waals surface area contributed by atoms with E-state index in [9.17, 15) is 5.11 Å².